The molecule has 4 N–H and O–H groups in total. The Labute approximate surface area is 154 Å². The fourth-order valence-electron chi connectivity index (χ4n) is 1.92. The maximum Gasteiger partial charge on any atom is 0.328 e. The Morgan fingerprint density at radius 1 is 1.32 bits per heavy atom. The molecule has 25 heavy (non-hydrogen) atoms. The molecular formula is C18H30N2O4S. The van der Waals surface area contributed by atoms with Gasteiger partial charge in [0.15, 0.2) is 0 Å². The van der Waals surface area contributed by atoms with Crippen LogP contribution in [0, 0.1) is 0 Å². The van der Waals surface area contributed by atoms with Gasteiger partial charge in [0.1, 0.15) is 12.6 Å². The molecule has 0 aliphatic heterocycles. The molecule has 142 valence electrons. The van der Waals surface area contributed by atoms with E-state index in [0.29, 0.717) is 12.5 Å². The van der Waals surface area contributed by atoms with Crippen molar-refractivity contribution < 1.29 is 19.4 Å². The summed E-state index contributed by atoms with van der Waals surface area (Å²) in [6.45, 7) is 6.40. The number of ether oxygens (including phenoxy) is 1. The molecule has 2 atom stereocenters. The summed E-state index contributed by atoms with van der Waals surface area (Å²) in [6.07, 6.45) is 3.07. The maximum atomic E-state index is 11.9. The molecule has 6 nitrogen and oxygen atoms in total. The first kappa shape index (κ1) is 23.3. The number of nitrogens with two attached hydrogens (primary N) is 1. The van der Waals surface area contributed by atoms with Crippen LogP contribution in [0.15, 0.2) is 24.3 Å². The number of thioether (sulfide) groups is 1. The van der Waals surface area contributed by atoms with Crippen molar-refractivity contribution in [2.24, 2.45) is 5.73 Å². The van der Waals surface area contributed by atoms with Gasteiger partial charge in [0.05, 0.1) is 6.54 Å². The Bertz CT molecular complexity index is 526. The molecule has 0 aliphatic carbocycles. The van der Waals surface area contributed by atoms with Crippen LogP contribution in [0.4, 0.5) is 5.69 Å². The van der Waals surface area contributed by atoms with E-state index in [2.05, 4.69) is 31.0 Å². The van der Waals surface area contributed by atoms with Gasteiger partial charge < -0.3 is 20.9 Å². The lowest BCUT2D eigenvalue weighted by Crippen LogP contribution is -2.29. The van der Waals surface area contributed by atoms with E-state index in [1.807, 2.05) is 31.4 Å². The third-order valence-electron chi connectivity index (χ3n) is 3.54. The number of esters is 1. The van der Waals surface area contributed by atoms with E-state index in [-0.39, 0.29) is 18.6 Å². The lowest BCUT2D eigenvalue weighted by atomic mass is 9.96. The highest BCUT2D eigenvalue weighted by Crippen LogP contribution is 2.27. The minimum Gasteiger partial charge on any atom is -0.480 e. The Morgan fingerprint density at radius 3 is 2.44 bits per heavy atom. The molecule has 0 saturated heterocycles. The minimum atomic E-state index is -0.968. The highest BCUT2D eigenvalue weighted by molar-refractivity contribution is 7.98. The standard InChI is InChI=1S/C16H25NO2S.C2H5NO2/c1-5-12(2)14-8-6-7-9-15(14)17-13(3)16(18)19-10-11-20-4;3-1-2(4)5/h6-9,12-13,17H,5,10-11H2,1-4H3;1,3H2,(H,4,5)/t12?,13-;/m0./s1. The smallest absolute Gasteiger partial charge is 0.328 e. The number of nitrogens with one attached hydrogen (secondary N) is 1. The van der Waals surface area contributed by atoms with Gasteiger partial charge in [-0.05, 0) is 37.1 Å². The highest BCUT2D eigenvalue weighted by atomic mass is 32.2. The second-order valence-corrected chi connectivity index (χ2v) is 6.51. The van der Waals surface area contributed by atoms with Crippen LogP contribution >= 0.6 is 11.8 Å². The summed E-state index contributed by atoms with van der Waals surface area (Å²) >= 11 is 1.67. The summed E-state index contributed by atoms with van der Waals surface area (Å²) in [5, 5.41) is 10.9. The largest absolute Gasteiger partial charge is 0.480 e. The monoisotopic (exact) mass is 370 g/mol. The molecule has 0 amide bonds. The van der Waals surface area contributed by atoms with Gasteiger partial charge in [-0.1, -0.05) is 32.0 Å². The predicted molar refractivity (Wildman–Crippen MR) is 104 cm³/mol. The number of carbonyl (C=O) groups excluding carboxylic acids is 1. The van der Waals surface area contributed by atoms with Gasteiger partial charge in [0, 0.05) is 11.4 Å². The number of rotatable bonds is 9. The molecule has 1 unspecified atom stereocenters. The van der Waals surface area contributed by atoms with Crippen molar-refractivity contribution in [3.05, 3.63) is 29.8 Å². The number of hydrogen-bond acceptors (Lipinski definition) is 6. The Hall–Kier alpha value is -1.73. The van der Waals surface area contributed by atoms with Crippen LogP contribution < -0.4 is 11.1 Å². The Balaban J connectivity index is 0.00000101. The van der Waals surface area contributed by atoms with Gasteiger partial charge in [-0.3, -0.25) is 4.79 Å². The Kier molecular flexibility index (Phi) is 12.6. The summed E-state index contributed by atoms with van der Waals surface area (Å²) in [5.74, 6) is 0.142. The summed E-state index contributed by atoms with van der Waals surface area (Å²) in [7, 11) is 0. The average molecular weight is 371 g/mol. The van der Waals surface area contributed by atoms with E-state index in [4.69, 9.17) is 9.84 Å². The Morgan fingerprint density at radius 2 is 1.92 bits per heavy atom. The molecule has 1 aromatic rings. The first-order chi connectivity index (χ1) is 11.9. The van der Waals surface area contributed by atoms with Crippen molar-refractivity contribution in [2.75, 3.05) is 30.5 Å². The maximum absolute atomic E-state index is 11.9. The van der Waals surface area contributed by atoms with Crippen molar-refractivity contribution in [1.82, 2.24) is 0 Å². The van der Waals surface area contributed by atoms with E-state index in [0.717, 1.165) is 17.9 Å². The molecule has 0 bridgehead atoms. The van der Waals surface area contributed by atoms with E-state index < -0.39 is 5.97 Å². The molecule has 0 aromatic heterocycles. The third-order valence-corrected chi connectivity index (χ3v) is 4.11. The number of para-hydroxylation sites is 1. The van der Waals surface area contributed by atoms with E-state index in [9.17, 15) is 9.59 Å². The van der Waals surface area contributed by atoms with E-state index >= 15 is 0 Å². The minimum absolute atomic E-state index is 0.196. The molecule has 0 saturated carbocycles. The first-order valence-electron chi connectivity index (χ1n) is 8.30. The number of anilines is 1. The lowest BCUT2D eigenvalue weighted by Gasteiger charge is -2.19. The van der Waals surface area contributed by atoms with Crippen molar-refractivity contribution in [3.8, 4) is 0 Å². The van der Waals surface area contributed by atoms with Gasteiger partial charge >= 0.3 is 11.9 Å². The number of carboxylic acid groups (broad SMARTS) is 1. The number of benzene rings is 1. The molecule has 0 heterocycles. The number of carbonyl (C=O) groups is 2. The SMILES string of the molecule is CCC(C)c1ccccc1N[C@@H](C)C(=O)OCCSC.NCC(=O)O. The summed E-state index contributed by atoms with van der Waals surface area (Å²) in [5.41, 5.74) is 6.84. The highest BCUT2D eigenvalue weighted by Gasteiger charge is 2.16. The summed E-state index contributed by atoms with van der Waals surface area (Å²) in [4.78, 5) is 21.1. The van der Waals surface area contributed by atoms with Crippen LogP contribution in [0.5, 0.6) is 0 Å². The van der Waals surface area contributed by atoms with Crippen molar-refractivity contribution in [2.45, 2.75) is 39.2 Å². The average Bonchev–Trinajstić information content (AvgIpc) is 2.62. The summed E-state index contributed by atoms with van der Waals surface area (Å²) in [6, 6.07) is 7.82. The van der Waals surface area contributed by atoms with Crippen LogP contribution in [0.2, 0.25) is 0 Å². The molecule has 0 fully saturated rings. The number of carboxylic acids is 1. The molecule has 0 spiro atoms. The van der Waals surface area contributed by atoms with Gasteiger partial charge in [0.2, 0.25) is 0 Å². The second kappa shape index (κ2) is 13.5. The van der Waals surface area contributed by atoms with Crippen molar-refractivity contribution >= 4 is 29.4 Å². The first-order valence-corrected chi connectivity index (χ1v) is 9.69. The van der Waals surface area contributed by atoms with Crippen LogP contribution in [-0.2, 0) is 14.3 Å². The molecular weight excluding hydrogens is 340 g/mol. The molecule has 1 rings (SSSR count). The van der Waals surface area contributed by atoms with Crippen molar-refractivity contribution in [3.63, 3.8) is 0 Å². The second-order valence-electron chi connectivity index (χ2n) is 5.52. The van der Waals surface area contributed by atoms with Gasteiger partial charge in [-0.2, -0.15) is 11.8 Å². The van der Waals surface area contributed by atoms with Gasteiger partial charge in [-0.25, -0.2) is 4.79 Å². The van der Waals surface area contributed by atoms with Crippen LogP contribution in [0.1, 0.15) is 38.7 Å². The van der Waals surface area contributed by atoms with E-state index in [1.54, 1.807) is 11.8 Å². The predicted octanol–water partition coefficient (Wildman–Crippen LogP) is 2.94. The van der Waals surface area contributed by atoms with Gasteiger partial charge in [-0.15, -0.1) is 0 Å². The summed E-state index contributed by atoms with van der Waals surface area (Å²) < 4.78 is 5.22. The zero-order chi connectivity index (χ0) is 19.2. The normalized spacial score (nSPS) is 12.4. The van der Waals surface area contributed by atoms with Crippen LogP contribution in [-0.4, -0.2) is 48.2 Å². The number of aliphatic carboxylic acids is 1. The fourth-order valence-corrected chi connectivity index (χ4v) is 2.17. The third kappa shape index (κ3) is 9.99. The molecule has 7 heteroatoms. The van der Waals surface area contributed by atoms with Gasteiger partial charge in [0.25, 0.3) is 0 Å². The molecule has 1 aromatic carbocycles. The van der Waals surface area contributed by atoms with Crippen LogP contribution in [0.3, 0.4) is 0 Å². The van der Waals surface area contributed by atoms with Crippen molar-refractivity contribution in [1.29, 1.82) is 0 Å². The molecule has 0 aliphatic rings. The van der Waals surface area contributed by atoms with Crippen LogP contribution in [0.25, 0.3) is 0 Å². The lowest BCUT2D eigenvalue weighted by molar-refractivity contribution is -0.143. The number of hydrogen-bond donors (Lipinski definition) is 3. The van der Waals surface area contributed by atoms with E-state index in [1.165, 1.54) is 5.56 Å². The quantitative estimate of drug-likeness (QED) is 0.454. The zero-order valence-corrected chi connectivity index (χ0v) is 16.3. The molecule has 0 radical (unpaired) electrons. The topological polar surface area (TPSA) is 102 Å². The zero-order valence-electron chi connectivity index (χ0n) is 15.5. The fraction of sp³-hybridized carbons (Fsp3) is 0.556.